The minimum atomic E-state index is -1.29. The van der Waals surface area contributed by atoms with Gasteiger partial charge >= 0.3 is 0 Å². The summed E-state index contributed by atoms with van der Waals surface area (Å²) in [6.07, 6.45) is 0. The van der Waals surface area contributed by atoms with Crippen molar-refractivity contribution in [2.24, 2.45) is 0 Å². The molecule has 0 aliphatic carbocycles. The van der Waals surface area contributed by atoms with Gasteiger partial charge in [0.05, 0.1) is 19.1 Å². The van der Waals surface area contributed by atoms with Gasteiger partial charge in [0.1, 0.15) is 5.60 Å². The normalized spacial score (nSPS) is 18.7. The summed E-state index contributed by atoms with van der Waals surface area (Å²) < 4.78 is 5.35. The molecule has 0 bridgehead atoms. The van der Waals surface area contributed by atoms with E-state index in [4.69, 9.17) is 4.74 Å². The number of rotatable bonds is 4. The van der Waals surface area contributed by atoms with Gasteiger partial charge in [-0.25, -0.2) is 0 Å². The fourth-order valence-corrected chi connectivity index (χ4v) is 3.26. The fourth-order valence-electron chi connectivity index (χ4n) is 3.26. The standard InChI is InChI=1S/C20H23NO3/c1-20(23,17-10-6-3-7-11-17)18(16-8-4-2-5-9-16)19(22)21-12-14-24-15-13-21/h2-11,18,23H,12-15H2,1H3/t18-,20+/m1/s1. The van der Waals surface area contributed by atoms with E-state index >= 15 is 0 Å². The Kier molecular flexibility index (Phi) is 4.97. The molecule has 24 heavy (non-hydrogen) atoms. The van der Waals surface area contributed by atoms with E-state index in [0.717, 1.165) is 11.1 Å². The second-order valence-corrected chi connectivity index (χ2v) is 6.29. The summed E-state index contributed by atoms with van der Waals surface area (Å²) in [5.41, 5.74) is 0.265. The lowest BCUT2D eigenvalue weighted by Crippen LogP contribution is -2.48. The summed E-state index contributed by atoms with van der Waals surface area (Å²) >= 11 is 0. The Hall–Kier alpha value is -2.17. The third kappa shape index (κ3) is 3.35. The predicted octanol–water partition coefficient (Wildman–Crippen LogP) is 2.54. The number of nitrogens with zero attached hydrogens (tertiary/aromatic N) is 1. The van der Waals surface area contributed by atoms with E-state index in [1.807, 2.05) is 60.7 Å². The highest BCUT2D eigenvalue weighted by molar-refractivity contribution is 5.85. The number of ether oxygens (including phenoxy) is 1. The number of hydrogen-bond donors (Lipinski definition) is 1. The Bertz CT molecular complexity index is 664. The molecule has 0 aromatic heterocycles. The molecule has 1 aliphatic heterocycles. The quantitative estimate of drug-likeness (QED) is 0.940. The summed E-state index contributed by atoms with van der Waals surface area (Å²) in [5, 5.41) is 11.3. The van der Waals surface area contributed by atoms with Crippen molar-refractivity contribution in [2.75, 3.05) is 26.3 Å². The molecule has 2 aromatic carbocycles. The maximum Gasteiger partial charge on any atom is 0.233 e. The minimum absolute atomic E-state index is 0.0571. The van der Waals surface area contributed by atoms with Gasteiger partial charge in [0.15, 0.2) is 0 Å². The van der Waals surface area contributed by atoms with Crippen molar-refractivity contribution in [1.82, 2.24) is 4.90 Å². The molecule has 0 unspecified atom stereocenters. The van der Waals surface area contributed by atoms with Crippen LogP contribution in [0.25, 0.3) is 0 Å². The van der Waals surface area contributed by atoms with Crippen LogP contribution in [0, 0.1) is 0 Å². The lowest BCUT2D eigenvalue weighted by Gasteiger charge is -2.37. The van der Waals surface area contributed by atoms with Gasteiger partial charge in [0.25, 0.3) is 0 Å². The van der Waals surface area contributed by atoms with Crippen LogP contribution in [0.3, 0.4) is 0 Å². The van der Waals surface area contributed by atoms with Crippen molar-refractivity contribution in [3.63, 3.8) is 0 Å². The van der Waals surface area contributed by atoms with E-state index < -0.39 is 11.5 Å². The van der Waals surface area contributed by atoms with Gasteiger partial charge < -0.3 is 14.7 Å². The van der Waals surface area contributed by atoms with Crippen molar-refractivity contribution in [1.29, 1.82) is 0 Å². The molecule has 1 saturated heterocycles. The summed E-state index contributed by atoms with van der Waals surface area (Å²) in [4.78, 5) is 15.0. The van der Waals surface area contributed by atoms with Gasteiger partial charge in [-0.2, -0.15) is 0 Å². The highest BCUT2D eigenvalue weighted by Crippen LogP contribution is 2.38. The van der Waals surface area contributed by atoms with E-state index in [-0.39, 0.29) is 5.91 Å². The smallest absolute Gasteiger partial charge is 0.233 e. The molecule has 1 heterocycles. The van der Waals surface area contributed by atoms with Crippen LogP contribution in [0.1, 0.15) is 24.0 Å². The van der Waals surface area contributed by atoms with Crippen LogP contribution in [0.4, 0.5) is 0 Å². The molecular weight excluding hydrogens is 302 g/mol. The van der Waals surface area contributed by atoms with E-state index in [1.165, 1.54) is 0 Å². The molecule has 1 aliphatic rings. The zero-order valence-electron chi connectivity index (χ0n) is 13.9. The van der Waals surface area contributed by atoms with Crippen molar-refractivity contribution in [2.45, 2.75) is 18.4 Å². The Labute approximate surface area is 142 Å². The first-order valence-corrected chi connectivity index (χ1v) is 8.30. The van der Waals surface area contributed by atoms with Crippen molar-refractivity contribution < 1.29 is 14.6 Å². The van der Waals surface area contributed by atoms with Crippen LogP contribution < -0.4 is 0 Å². The number of aliphatic hydroxyl groups is 1. The van der Waals surface area contributed by atoms with Gasteiger partial charge in [0.2, 0.25) is 5.91 Å². The molecule has 0 radical (unpaired) electrons. The van der Waals surface area contributed by atoms with Gasteiger partial charge in [-0.15, -0.1) is 0 Å². The molecule has 0 spiro atoms. The lowest BCUT2D eigenvalue weighted by atomic mass is 9.77. The van der Waals surface area contributed by atoms with Crippen LogP contribution in [-0.4, -0.2) is 42.2 Å². The summed E-state index contributed by atoms with van der Waals surface area (Å²) in [5.74, 6) is -0.711. The second kappa shape index (κ2) is 7.16. The molecule has 2 atom stereocenters. The van der Waals surface area contributed by atoms with Gasteiger partial charge in [-0.1, -0.05) is 60.7 Å². The van der Waals surface area contributed by atoms with E-state index in [2.05, 4.69) is 0 Å². The van der Waals surface area contributed by atoms with E-state index in [1.54, 1.807) is 11.8 Å². The number of benzene rings is 2. The Morgan fingerprint density at radius 2 is 1.58 bits per heavy atom. The molecule has 0 saturated carbocycles. The molecule has 1 fully saturated rings. The van der Waals surface area contributed by atoms with Crippen molar-refractivity contribution in [3.05, 3.63) is 71.8 Å². The largest absolute Gasteiger partial charge is 0.384 e. The fraction of sp³-hybridized carbons (Fsp3) is 0.350. The first-order chi connectivity index (χ1) is 11.6. The van der Waals surface area contributed by atoms with Crippen molar-refractivity contribution >= 4 is 5.91 Å². The third-order valence-corrected chi connectivity index (χ3v) is 4.62. The average Bonchev–Trinajstić information content (AvgIpc) is 2.64. The van der Waals surface area contributed by atoms with E-state index in [0.29, 0.717) is 26.3 Å². The molecular formula is C20H23NO3. The number of hydrogen-bond acceptors (Lipinski definition) is 3. The van der Waals surface area contributed by atoms with Crippen LogP contribution in [-0.2, 0) is 15.1 Å². The lowest BCUT2D eigenvalue weighted by molar-refractivity contribution is -0.143. The monoisotopic (exact) mass is 325 g/mol. The molecule has 2 aromatic rings. The Morgan fingerprint density at radius 1 is 1.04 bits per heavy atom. The summed E-state index contributed by atoms with van der Waals surface area (Å²) in [6, 6.07) is 18.9. The maximum atomic E-state index is 13.2. The van der Waals surface area contributed by atoms with Gasteiger partial charge in [-0.3, -0.25) is 4.79 Å². The number of carbonyl (C=O) groups is 1. The first-order valence-electron chi connectivity index (χ1n) is 8.30. The summed E-state index contributed by atoms with van der Waals surface area (Å²) in [6.45, 7) is 3.93. The topological polar surface area (TPSA) is 49.8 Å². The first kappa shape index (κ1) is 16.7. The summed E-state index contributed by atoms with van der Waals surface area (Å²) in [7, 11) is 0. The minimum Gasteiger partial charge on any atom is -0.384 e. The predicted molar refractivity (Wildman–Crippen MR) is 92.6 cm³/mol. The number of morpholine rings is 1. The third-order valence-electron chi connectivity index (χ3n) is 4.62. The molecule has 3 rings (SSSR count). The molecule has 4 heteroatoms. The number of amides is 1. The maximum absolute atomic E-state index is 13.2. The zero-order chi connectivity index (χ0) is 17.0. The Balaban J connectivity index is 2.00. The number of carbonyl (C=O) groups excluding carboxylic acids is 1. The highest BCUT2D eigenvalue weighted by atomic mass is 16.5. The molecule has 1 amide bonds. The zero-order valence-corrected chi connectivity index (χ0v) is 13.9. The molecule has 4 nitrogen and oxygen atoms in total. The molecule has 1 N–H and O–H groups in total. The molecule has 126 valence electrons. The van der Waals surface area contributed by atoms with Gasteiger partial charge in [0, 0.05) is 13.1 Å². The SMILES string of the molecule is C[C@](O)(c1ccccc1)[C@@H](C(=O)N1CCOCC1)c1ccccc1. The van der Waals surface area contributed by atoms with Crippen molar-refractivity contribution in [3.8, 4) is 0 Å². The van der Waals surface area contributed by atoms with Crippen LogP contribution >= 0.6 is 0 Å². The Morgan fingerprint density at radius 3 is 2.17 bits per heavy atom. The van der Waals surface area contributed by atoms with Crippen LogP contribution in [0.2, 0.25) is 0 Å². The van der Waals surface area contributed by atoms with Crippen LogP contribution in [0.5, 0.6) is 0 Å². The van der Waals surface area contributed by atoms with Gasteiger partial charge in [-0.05, 0) is 18.1 Å². The van der Waals surface area contributed by atoms with E-state index in [9.17, 15) is 9.90 Å². The average molecular weight is 325 g/mol. The highest BCUT2D eigenvalue weighted by Gasteiger charge is 2.42. The second-order valence-electron chi connectivity index (χ2n) is 6.29. The van der Waals surface area contributed by atoms with Crippen LogP contribution in [0.15, 0.2) is 60.7 Å².